The van der Waals surface area contributed by atoms with E-state index in [1.165, 1.54) is 50.5 Å². The lowest BCUT2D eigenvalue weighted by molar-refractivity contribution is 0.196. The van der Waals surface area contributed by atoms with Crippen molar-refractivity contribution in [2.75, 3.05) is 13.1 Å². The van der Waals surface area contributed by atoms with E-state index in [0.29, 0.717) is 0 Å². The van der Waals surface area contributed by atoms with E-state index in [0.717, 1.165) is 19.1 Å². The van der Waals surface area contributed by atoms with Crippen molar-refractivity contribution in [3.8, 4) is 0 Å². The molecule has 1 saturated heterocycles. The zero-order valence-corrected chi connectivity index (χ0v) is 11.8. The highest BCUT2D eigenvalue weighted by Crippen LogP contribution is 2.33. The highest BCUT2D eigenvalue weighted by molar-refractivity contribution is 5.25. The van der Waals surface area contributed by atoms with Crippen LogP contribution in [0.15, 0.2) is 30.3 Å². The quantitative estimate of drug-likeness (QED) is 0.870. The second kappa shape index (κ2) is 6.06. The van der Waals surface area contributed by atoms with Gasteiger partial charge in [0, 0.05) is 11.6 Å². The Balaban J connectivity index is 1.79. The average molecular weight is 258 g/mol. The van der Waals surface area contributed by atoms with Gasteiger partial charge < -0.3 is 10.6 Å². The molecule has 2 N–H and O–H groups in total. The van der Waals surface area contributed by atoms with Crippen molar-refractivity contribution in [1.82, 2.24) is 10.6 Å². The summed E-state index contributed by atoms with van der Waals surface area (Å²) in [5.41, 5.74) is 1.70. The maximum Gasteiger partial charge on any atom is 0.0461 e. The summed E-state index contributed by atoms with van der Waals surface area (Å²) < 4.78 is 0. The minimum Gasteiger partial charge on any atom is -0.317 e. The summed E-state index contributed by atoms with van der Waals surface area (Å²) in [5.74, 6) is 0. The smallest absolute Gasteiger partial charge is 0.0461 e. The Labute approximate surface area is 117 Å². The fourth-order valence-electron chi connectivity index (χ4n) is 3.76. The van der Waals surface area contributed by atoms with Gasteiger partial charge in [0.25, 0.3) is 0 Å². The van der Waals surface area contributed by atoms with Gasteiger partial charge in [0.15, 0.2) is 0 Å². The van der Waals surface area contributed by atoms with Crippen LogP contribution in [0.1, 0.15) is 50.5 Å². The van der Waals surface area contributed by atoms with Gasteiger partial charge in [-0.25, -0.2) is 0 Å². The maximum absolute atomic E-state index is 4.05. The molecule has 0 bridgehead atoms. The zero-order chi connectivity index (χ0) is 13.0. The van der Waals surface area contributed by atoms with Crippen molar-refractivity contribution in [3.63, 3.8) is 0 Å². The van der Waals surface area contributed by atoms with Crippen LogP contribution in [0.4, 0.5) is 0 Å². The highest BCUT2D eigenvalue weighted by atomic mass is 15.0. The molecule has 2 nitrogen and oxygen atoms in total. The molecule has 1 aromatic carbocycles. The summed E-state index contributed by atoms with van der Waals surface area (Å²) in [6.45, 7) is 2.27. The molecular formula is C17H26N2. The molecule has 2 heteroatoms. The van der Waals surface area contributed by atoms with Gasteiger partial charge in [-0.05, 0) is 44.3 Å². The van der Waals surface area contributed by atoms with E-state index in [1.54, 1.807) is 0 Å². The molecule has 1 saturated carbocycles. The van der Waals surface area contributed by atoms with E-state index in [4.69, 9.17) is 0 Å². The van der Waals surface area contributed by atoms with E-state index in [-0.39, 0.29) is 5.54 Å². The SMILES string of the molecule is c1ccc(C2(NC3CCCCC3)CCNCC2)cc1. The molecule has 1 heterocycles. The molecule has 19 heavy (non-hydrogen) atoms. The first kappa shape index (κ1) is 13.1. The van der Waals surface area contributed by atoms with Gasteiger partial charge in [0.2, 0.25) is 0 Å². The van der Waals surface area contributed by atoms with Gasteiger partial charge in [0.05, 0.1) is 0 Å². The Morgan fingerprint density at radius 3 is 2.32 bits per heavy atom. The number of benzene rings is 1. The van der Waals surface area contributed by atoms with Gasteiger partial charge in [-0.3, -0.25) is 0 Å². The van der Waals surface area contributed by atoms with Crippen LogP contribution in [0.2, 0.25) is 0 Å². The minimum atomic E-state index is 0.217. The van der Waals surface area contributed by atoms with E-state index < -0.39 is 0 Å². The molecule has 1 aliphatic carbocycles. The van der Waals surface area contributed by atoms with Gasteiger partial charge >= 0.3 is 0 Å². The molecule has 3 rings (SSSR count). The summed E-state index contributed by atoms with van der Waals surface area (Å²) >= 11 is 0. The van der Waals surface area contributed by atoms with Crippen LogP contribution < -0.4 is 10.6 Å². The first-order valence-electron chi connectivity index (χ1n) is 7.93. The Kier molecular flexibility index (Phi) is 4.19. The number of nitrogens with one attached hydrogen (secondary N) is 2. The van der Waals surface area contributed by atoms with Crippen molar-refractivity contribution in [2.45, 2.75) is 56.5 Å². The van der Waals surface area contributed by atoms with Crippen LogP contribution >= 0.6 is 0 Å². The highest BCUT2D eigenvalue weighted by Gasteiger charge is 2.35. The Morgan fingerprint density at radius 2 is 1.63 bits per heavy atom. The molecule has 1 aliphatic heterocycles. The summed E-state index contributed by atoms with van der Waals surface area (Å²) in [7, 11) is 0. The molecule has 0 unspecified atom stereocenters. The first-order valence-corrected chi connectivity index (χ1v) is 7.93. The van der Waals surface area contributed by atoms with Crippen LogP contribution in [0.25, 0.3) is 0 Å². The standard InChI is InChI=1S/C17H26N2/c1-3-7-15(8-4-1)17(11-13-18-14-12-17)19-16-9-5-2-6-10-16/h1,3-4,7-8,16,18-19H,2,5-6,9-14H2. The van der Waals surface area contributed by atoms with Crippen molar-refractivity contribution in [3.05, 3.63) is 35.9 Å². The maximum atomic E-state index is 4.05. The van der Waals surface area contributed by atoms with Gasteiger partial charge in [0.1, 0.15) is 0 Å². The van der Waals surface area contributed by atoms with Crippen molar-refractivity contribution < 1.29 is 0 Å². The van der Waals surface area contributed by atoms with Gasteiger partial charge in [-0.15, -0.1) is 0 Å². The molecule has 1 aromatic rings. The van der Waals surface area contributed by atoms with Crippen LogP contribution in [-0.2, 0) is 5.54 Å². The molecule has 2 fully saturated rings. The zero-order valence-electron chi connectivity index (χ0n) is 11.8. The largest absolute Gasteiger partial charge is 0.317 e. The molecule has 0 radical (unpaired) electrons. The number of hydrogen-bond acceptors (Lipinski definition) is 2. The predicted octanol–water partition coefficient (Wildman–Crippen LogP) is 3.19. The Morgan fingerprint density at radius 1 is 0.947 bits per heavy atom. The van der Waals surface area contributed by atoms with Crippen LogP contribution in [-0.4, -0.2) is 19.1 Å². The second-order valence-corrected chi connectivity index (χ2v) is 6.18. The molecule has 0 aromatic heterocycles. The molecule has 0 spiro atoms. The Bertz CT molecular complexity index is 376. The third-order valence-corrected chi connectivity index (χ3v) is 4.87. The summed E-state index contributed by atoms with van der Waals surface area (Å²) in [6.07, 6.45) is 9.39. The first-order chi connectivity index (χ1) is 9.39. The summed E-state index contributed by atoms with van der Waals surface area (Å²) in [6, 6.07) is 11.8. The monoisotopic (exact) mass is 258 g/mol. The predicted molar refractivity (Wildman–Crippen MR) is 80.2 cm³/mol. The van der Waals surface area contributed by atoms with E-state index in [1.807, 2.05) is 0 Å². The average Bonchev–Trinajstić information content (AvgIpc) is 2.50. The van der Waals surface area contributed by atoms with E-state index in [9.17, 15) is 0 Å². The molecule has 0 atom stereocenters. The lowest BCUT2D eigenvalue weighted by Gasteiger charge is -2.43. The minimum absolute atomic E-state index is 0.217. The van der Waals surface area contributed by atoms with E-state index >= 15 is 0 Å². The molecular weight excluding hydrogens is 232 g/mol. The summed E-state index contributed by atoms with van der Waals surface area (Å²) in [5, 5.41) is 7.55. The van der Waals surface area contributed by atoms with Crippen molar-refractivity contribution in [2.24, 2.45) is 0 Å². The van der Waals surface area contributed by atoms with Gasteiger partial charge in [-0.1, -0.05) is 49.6 Å². The van der Waals surface area contributed by atoms with Crippen molar-refractivity contribution in [1.29, 1.82) is 0 Å². The normalized spacial score (nSPS) is 24.2. The fraction of sp³-hybridized carbons (Fsp3) is 0.647. The molecule has 2 aliphatic rings. The van der Waals surface area contributed by atoms with Crippen LogP contribution in [0.3, 0.4) is 0 Å². The lowest BCUT2D eigenvalue weighted by Crippen LogP contribution is -2.53. The molecule has 0 amide bonds. The Hall–Kier alpha value is -0.860. The van der Waals surface area contributed by atoms with E-state index in [2.05, 4.69) is 41.0 Å². The third-order valence-electron chi connectivity index (χ3n) is 4.87. The van der Waals surface area contributed by atoms with Crippen molar-refractivity contribution >= 4 is 0 Å². The van der Waals surface area contributed by atoms with Gasteiger partial charge in [-0.2, -0.15) is 0 Å². The lowest BCUT2D eigenvalue weighted by atomic mass is 9.79. The molecule has 104 valence electrons. The fourth-order valence-corrected chi connectivity index (χ4v) is 3.76. The topological polar surface area (TPSA) is 24.1 Å². The number of piperidine rings is 1. The van der Waals surface area contributed by atoms with Crippen LogP contribution in [0.5, 0.6) is 0 Å². The third kappa shape index (κ3) is 3.01. The number of hydrogen-bond donors (Lipinski definition) is 2. The summed E-state index contributed by atoms with van der Waals surface area (Å²) in [4.78, 5) is 0. The number of rotatable bonds is 3. The van der Waals surface area contributed by atoms with Crippen LogP contribution in [0, 0.1) is 0 Å². The second-order valence-electron chi connectivity index (χ2n) is 6.18.